The van der Waals surface area contributed by atoms with Gasteiger partial charge in [-0.15, -0.1) is 0 Å². The second-order valence-electron chi connectivity index (χ2n) is 7.74. The van der Waals surface area contributed by atoms with Gasteiger partial charge in [-0.1, -0.05) is 24.3 Å². The summed E-state index contributed by atoms with van der Waals surface area (Å²) < 4.78 is 26.2. The number of hydrogen-bond donors (Lipinski definition) is 1. The predicted octanol–water partition coefficient (Wildman–Crippen LogP) is 3.77. The molecule has 0 radical (unpaired) electrons. The van der Waals surface area contributed by atoms with Crippen LogP contribution in [0.15, 0.2) is 59.7 Å². The fourth-order valence-electron chi connectivity index (χ4n) is 3.20. The van der Waals surface area contributed by atoms with E-state index in [1.807, 2.05) is 42.7 Å². The number of nitrogens with zero attached hydrogens (tertiary/aromatic N) is 3. The summed E-state index contributed by atoms with van der Waals surface area (Å²) >= 11 is 0. The van der Waals surface area contributed by atoms with Crippen molar-refractivity contribution in [1.82, 2.24) is 19.5 Å². The van der Waals surface area contributed by atoms with Gasteiger partial charge in [-0.05, 0) is 49.2 Å². The molecule has 0 fully saturated rings. The van der Waals surface area contributed by atoms with Crippen molar-refractivity contribution in [2.24, 2.45) is 0 Å². The Morgan fingerprint density at radius 3 is 2.42 bits per heavy atom. The number of hydrogen-bond acceptors (Lipinski definition) is 5. The maximum Gasteiger partial charge on any atom is 0.298 e. The SMILES string of the molecule is COc1ccc(Cn2cnc(=O)c3[nH]c(C(C)(C)OCc4ccc(F)cc4)nc32)cc1. The lowest BCUT2D eigenvalue weighted by Gasteiger charge is -2.23. The first-order valence-corrected chi connectivity index (χ1v) is 9.83. The largest absolute Gasteiger partial charge is 0.497 e. The van der Waals surface area contributed by atoms with Gasteiger partial charge in [-0.25, -0.2) is 9.37 Å². The Balaban J connectivity index is 1.61. The fourth-order valence-corrected chi connectivity index (χ4v) is 3.20. The van der Waals surface area contributed by atoms with E-state index in [4.69, 9.17) is 9.47 Å². The average molecular weight is 422 g/mol. The predicted molar refractivity (Wildman–Crippen MR) is 114 cm³/mol. The Morgan fingerprint density at radius 1 is 1.06 bits per heavy atom. The van der Waals surface area contributed by atoms with Gasteiger partial charge in [0.15, 0.2) is 11.2 Å². The molecule has 2 aromatic carbocycles. The number of fused-ring (bicyclic) bond motifs is 1. The molecule has 0 saturated heterocycles. The molecule has 4 rings (SSSR count). The van der Waals surface area contributed by atoms with Crippen molar-refractivity contribution in [1.29, 1.82) is 0 Å². The highest BCUT2D eigenvalue weighted by Crippen LogP contribution is 2.25. The molecular weight excluding hydrogens is 399 g/mol. The highest BCUT2D eigenvalue weighted by molar-refractivity contribution is 5.70. The molecule has 0 aliphatic heterocycles. The number of methoxy groups -OCH3 is 1. The Morgan fingerprint density at radius 2 is 1.74 bits per heavy atom. The van der Waals surface area contributed by atoms with Crippen LogP contribution in [0.25, 0.3) is 11.2 Å². The second kappa shape index (κ2) is 8.31. The molecule has 1 N–H and O–H groups in total. The van der Waals surface area contributed by atoms with Gasteiger partial charge in [-0.2, -0.15) is 4.98 Å². The maximum atomic E-state index is 13.1. The highest BCUT2D eigenvalue weighted by atomic mass is 19.1. The molecule has 0 bridgehead atoms. The molecule has 0 amide bonds. The summed E-state index contributed by atoms with van der Waals surface area (Å²) in [7, 11) is 1.62. The van der Waals surface area contributed by atoms with Gasteiger partial charge < -0.3 is 19.0 Å². The van der Waals surface area contributed by atoms with Gasteiger partial charge in [0.05, 0.1) is 20.3 Å². The van der Waals surface area contributed by atoms with Crippen molar-refractivity contribution in [3.8, 4) is 5.75 Å². The first-order valence-electron chi connectivity index (χ1n) is 9.83. The Kier molecular flexibility index (Phi) is 5.56. The van der Waals surface area contributed by atoms with Crippen LogP contribution in [0.1, 0.15) is 30.8 Å². The number of H-pyrrole nitrogens is 1. The van der Waals surface area contributed by atoms with E-state index in [1.165, 1.54) is 18.5 Å². The Hall–Kier alpha value is -3.52. The quantitative estimate of drug-likeness (QED) is 0.490. The van der Waals surface area contributed by atoms with E-state index in [1.54, 1.807) is 19.2 Å². The number of halogens is 1. The lowest BCUT2D eigenvalue weighted by molar-refractivity contribution is -0.0393. The van der Waals surface area contributed by atoms with Gasteiger partial charge in [-0.3, -0.25) is 4.79 Å². The number of ether oxygens (including phenoxy) is 2. The summed E-state index contributed by atoms with van der Waals surface area (Å²) in [5.74, 6) is 0.990. The van der Waals surface area contributed by atoms with E-state index in [-0.39, 0.29) is 18.0 Å². The minimum atomic E-state index is -0.808. The number of nitrogens with one attached hydrogen (secondary N) is 1. The van der Waals surface area contributed by atoms with Crippen molar-refractivity contribution in [2.45, 2.75) is 32.6 Å². The maximum absolute atomic E-state index is 13.1. The molecule has 0 unspecified atom stereocenters. The van der Waals surface area contributed by atoms with Crippen LogP contribution in [0.2, 0.25) is 0 Å². The van der Waals surface area contributed by atoms with E-state index in [9.17, 15) is 9.18 Å². The van der Waals surface area contributed by atoms with Crippen molar-refractivity contribution in [2.75, 3.05) is 7.11 Å². The molecule has 0 atom stereocenters. The summed E-state index contributed by atoms with van der Waals surface area (Å²) in [6.07, 6.45) is 1.49. The summed E-state index contributed by atoms with van der Waals surface area (Å²) in [5.41, 5.74) is 1.50. The molecule has 0 aliphatic carbocycles. The zero-order chi connectivity index (χ0) is 22.0. The molecule has 7 nitrogen and oxygen atoms in total. The molecule has 8 heteroatoms. The van der Waals surface area contributed by atoms with Gasteiger partial charge in [0.25, 0.3) is 5.56 Å². The lowest BCUT2D eigenvalue weighted by Crippen LogP contribution is -2.23. The number of aromatic amines is 1. The van der Waals surface area contributed by atoms with Crippen molar-refractivity contribution in [3.63, 3.8) is 0 Å². The van der Waals surface area contributed by atoms with Crippen LogP contribution in [-0.4, -0.2) is 26.6 Å². The molecule has 0 spiro atoms. The summed E-state index contributed by atoms with van der Waals surface area (Å²) in [6, 6.07) is 13.8. The van der Waals surface area contributed by atoms with Gasteiger partial charge in [0.2, 0.25) is 0 Å². The van der Waals surface area contributed by atoms with Crippen LogP contribution in [0.5, 0.6) is 5.75 Å². The zero-order valence-corrected chi connectivity index (χ0v) is 17.6. The van der Waals surface area contributed by atoms with Gasteiger partial charge in [0, 0.05) is 0 Å². The van der Waals surface area contributed by atoms with Crippen LogP contribution in [-0.2, 0) is 23.5 Å². The molecule has 31 heavy (non-hydrogen) atoms. The molecule has 2 aromatic heterocycles. The van der Waals surface area contributed by atoms with E-state index in [0.717, 1.165) is 16.9 Å². The average Bonchev–Trinajstić information content (AvgIpc) is 3.24. The molecule has 0 saturated carbocycles. The van der Waals surface area contributed by atoms with E-state index >= 15 is 0 Å². The third-order valence-corrected chi connectivity index (χ3v) is 5.08. The second-order valence-corrected chi connectivity index (χ2v) is 7.74. The van der Waals surface area contributed by atoms with Crippen molar-refractivity contribution >= 4 is 11.2 Å². The summed E-state index contributed by atoms with van der Waals surface area (Å²) in [6.45, 7) is 4.49. The fraction of sp³-hybridized carbons (Fsp3) is 0.261. The lowest BCUT2D eigenvalue weighted by atomic mass is 10.1. The molecule has 0 aliphatic rings. The van der Waals surface area contributed by atoms with Crippen LogP contribution >= 0.6 is 0 Å². The number of rotatable bonds is 7. The van der Waals surface area contributed by atoms with Crippen molar-refractivity contribution < 1.29 is 13.9 Å². The Bertz CT molecular complexity index is 1240. The van der Waals surface area contributed by atoms with E-state index < -0.39 is 5.60 Å². The molecular formula is C23H23FN4O3. The van der Waals surface area contributed by atoms with E-state index in [2.05, 4.69) is 15.0 Å². The van der Waals surface area contributed by atoms with Crippen molar-refractivity contribution in [3.05, 3.63) is 88.0 Å². The zero-order valence-electron chi connectivity index (χ0n) is 17.6. The van der Waals surface area contributed by atoms with Crippen LogP contribution in [0.3, 0.4) is 0 Å². The number of benzene rings is 2. The molecule has 4 aromatic rings. The number of imidazole rings is 1. The monoisotopic (exact) mass is 422 g/mol. The smallest absolute Gasteiger partial charge is 0.298 e. The third-order valence-electron chi connectivity index (χ3n) is 5.08. The highest BCUT2D eigenvalue weighted by Gasteiger charge is 2.27. The van der Waals surface area contributed by atoms with Crippen LogP contribution in [0.4, 0.5) is 4.39 Å². The Labute approximate surface area is 178 Å². The van der Waals surface area contributed by atoms with Crippen LogP contribution < -0.4 is 10.3 Å². The summed E-state index contributed by atoms with van der Waals surface area (Å²) in [5, 5.41) is 0. The number of aromatic nitrogens is 4. The van der Waals surface area contributed by atoms with Gasteiger partial charge >= 0.3 is 0 Å². The molecule has 160 valence electrons. The standard InChI is InChI=1S/C23H23FN4O3/c1-23(2,31-13-16-4-8-17(24)9-5-16)22-26-19-20(27-22)28(14-25-21(19)29)12-15-6-10-18(30-3)11-7-15/h4-11,14H,12-13H2,1-3H3,(H,26,27). The minimum Gasteiger partial charge on any atom is -0.497 e. The summed E-state index contributed by atoms with van der Waals surface area (Å²) in [4.78, 5) is 24.0. The van der Waals surface area contributed by atoms with E-state index in [0.29, 0.717) is 23.5 Å². The first-order chi connectivity index (χ1) is 14.9. The molecule has 2 heterocycles. The topological polar surface area (TPSA) is 82.0 Å². The van der Waals surface area contributed by atoms with Crippen LogP contribution in [0, 0.1) is 5.82 Å². The minimum absolute atomic E-state index is 0.276. The van der Waals surface area contributed by atoms with Gasteiger partial charge in [0.1, 0.15) is 29.3 Å². The normalized spacial score (nSPS) is 11.7. The third kappa shape index (κ3) is 4.49. The first kappa shape index (κ1) is 20.7.